The number of nitrogens with one attached hydrogen (secondary N) is 1. The third-order valence-electron chi connectivity index (χ3n) is 2.61. The van der Waals surface area contributed by atoms with E-state index in [1.165, 1.54) is 6.07 Å². The molecule has 1 aromatic carbocycles. The topological polar surface area (TPSA) is 21.3 Å². The first-order valence-electron chi connectivity index (χ1n) is 6.16. The zero-order chi connectivity index (χ0) is 15.2. The van der Waals surface area contributed by atoms with Gasteiger partial charge in [0.2, 0.25) is 0 Å². The molecule has 0 amide bonds. The van der Waals surface area contributed by atoms with Crippen molar-refractivity contribution >= 4 is 15.9 Å². The number of alkyl halides is 3. The number of hydrogen-bond donors (Lipinski definition) is 1. The molecule has 20 heavy (non-hydrogen) atoms. The van der Waals surface area contributed by atoms with Crippen LogP contribution in [0.15, 0.2) is 22.7 Å². The van der Waals surface area contributed by atoms with E-state index in [-0.39, 0.29) is 18.5 Å². The Balaban J connectivity index is 2.57. The van der Waals surface area contributed by atoms with Gasteiger partial charge in [-0.3, -0.25) is 0 Å². The molecule has 7 heteroatoms. The van der Waals surface area contributed by atoms with Gasteiger partial charge in [-0.25, -0.2) is 4.39 Å². The van der Waals surface area contributed by atoms with Gasteiger partial charge in [0.25, 0.3) is 0 Å². The van der Waals surface area contributed by atoms with Crippen LogP contribution in [-0.4, -0.2) is 25.9 Å². The molecule has 0 bridgehead atoms. The van der Waals surface area contributed by atoms with Crippen LogP contribution < -0.4 is 5.32 Å². The van der Waals surface area contributed by atoms with Crippen LogP contribution in [-0.2, 0) is 4.74 Å². The predicted octanol–water partition coefficient (Wildman–Crippen LogP) is 4.21. The molecule has 0 heterocycles. The first-order valence-corrected chi connectivity index (χ1v) is 6.95. The molecule has 0 aliphatic carbocycles. The SMILES string of the molecule is CCNC(CCOCC(F)(F)F)c1ccc(F)c(Br)c1. The molecule has 2 nitrogen and oxygen atoms in total. The minimum Gasteiger partial charge on any atom is -0.372 e. The van der Waals surface area contributed by atoms with Gasteiger partial charge >= 0.3 is 6.18 Å². The molecule has 0 spiro atoms. The Morgan fingerprint density at radius 3 is 2.60 bits per heavy atom. The van der Waals surface area contributed by atoms with E-state index >= 15 is 0 Å². The highest BCUT2D eigenvalue weighted by atomic mass is 79.9. The van der Waals surface area contributed by atoms with E-state index in [1.807, 2.05) is 6.92 Å². The predicted molar refractivity (Wildman–Crippen MR) is 72.0 cm³/mol. The minimum atomic E-state index is -4.31. The van der Waals surface area contributed by atoms with Gasteiger partial charge in [-0.1, -0.05) is 13.0 Å². The number of rotatable bonds is 7. The first-order chi connectivity index (χ1) is 9.33. The van der Waals surface area contributed by atoms with Crippen molar-refractivity contribution in [3.05, 3.63) is 34.1 Å². The Labute approximate surface area is 123 Å². The Hall–Kier alpha value is -0.660. The highest BCUT2D eigenvalue weighted by molar-refractivity contribution is 9.10. The van der Waals surface area contributed by atoms with Gasteiger partial charge in [-0.2, -0.15) is 13.2 Å². The van der Waals surface area contributed by atoms with E-state index in [4.69, 9.17) is 0 Å². The van der Waals surface area contributed by atoms with Crippen LogP contribution in [0.25, 0.3) is 0 Å². The lowest BCUT2D eigenvalue weighted by Crippen LogP contribution is -2.24. The molecule has 0 saturated carbocycles. The Bertz CT molecular complexity index is 425. The number of hydrogen-bond acceptors (Lipinski definition) is 2. The van der Waals surface area contributed by atoms with Crippen LogP contribution in [0.1, 0.15) is 24.9 Å². The van der Waals surface area contributed by atoms with Gasteiger partial charge in [0.05, 0.1) is 4.47 Å². The van der Waals surface area contributed by atoms with E-state index in [1.54, 1.807) is 12.1 Å². The normalized spacial score (nSPS) is 13.5. The van der Waals surface area contributed by atoms with Crippen LogP contribution in [0.5, 0.6) is 0 Å². The van der Waals surface area contributed by atoms with E-state index < -0.39 is 12.8 Å². The maximum atomic E-state index is 13.2. The standard InChI is InChI=1S/C13H16BrF4NO/c1-2-19-12(5-6-20-8-13(16,17)18)9-3-4-11(15)10(14)7-9/h3-4,7,12,19H,2,5-6,8H2,1H3. The Morgan fingerprint density at radius 1 is 1.35 bits per heavy atom. The lowest BCUT2D eigenvalue weighted by molar-refractivity contribution is -0.174. The fraction of sp³-hybridized carbons (Fsp3) is 0.538. The molecule has 1 rings (SSSR count). The summed E-state index contributed by atoms with van der Waals surface area (Å²) in [7, 11) is 0. The number of halogens is 5. The van der Waals surface area contributed by atoms with Gasteiger partial charge in [0.1, 0.15) is 12.4 Å². The lowest BCUT2D eigenvalue weighted by atomic mass is 10.0. The molecule has 0 radical (unpaired) electrons. The van der Waals surface area contributed by atoms with Crippen molar-refractivity contribution in [1.29, 1.82) is 0 Å². The molecule has 1 atom stereocenters. The van der Waals surface area contributed by atoms with Gasteiger partial charge < -0.3 is 10.1 Å². The van der Waals surface area contributed by atoms with E-state index in [2.05, 4.69) is 26.0 Å². The molecule has 0 aromatic heterocycles. The second-order valence-corrected chi connectivity index (χ2v) is 5.09. The summed E-state index contributed by atoms with van der Waals surface area (Å²) >= 11 is 3.09. The molecule has 0 aliphatic heterocycles. The summed E-state index contributed by atoms with van der Waals surface area (Å²) in [4.78, 5) is 0. The van der Waals surface area contributed by atoms with Crippen molar-refractivity contribution in [2.45, 2.75) is 25.6 Å². The highest BCUT2D eigenvalue weighted by Gasteiger charge is 2.27. The van der Waals surface area contributed by atoms with Crippen LogP contribution >= 0.6 is 15.9 Å². The summed E-state index contributed by atoms with van der Waals surface area (Å²) in [6.07, 6.45) is -3.94. The Morgan fingerprint density at radius 2 is 2.05 bits per heavy atom. The lowest BCUT2D eigenvalue weighted by Gasteiger charge is -2.19. The maximum Gasteiger partial charge on any atom is 0.411 e. The zero-order valence-corrected chi connectivity index (χ0v) is 12.5. The second kappa shape index (κ2) is 7.95. The smallest absolute Gasteiger partial charge is 0.372 e. The third-order valence-corrected chi connectivity index (χ3v) is 3.22. The number of benzene rings is 1. The van der Waals surface area contributed by atoms with E-state index in [0.717, 1.165) is 5.56 Å². The summed E-state index contributed by atoms with van der Waals surface area (Å²) in [6.45, 7) is 1.27. The van der Waals surface area contributed by atoms with Crippen molar-refractivity contribution in [1.82, 2.24) is 5.32 Å². The summed E-state index contributed by atoms with van der Waals surface area (Å²) in [6, 6.07) is 4.37. The minimum absolute atomic E-state index is 0.0217. The summed E-state index contributed by atoms with van der Waals surface area (Å²) in [5, 5.41) is 3.14. The quantitative estimate of drug-likeness (QED) is 0.583. The fourth-order valence-corrected chi connectivity index (χ4v) is 2.15. The Kier molecular flexibility index (Phi) is 6.91. The molecule has 114 valence electrons. The molecule has 1 unspecified atom stereocenters. The summed E-state index contributed by atoms with van der Waals surface area (Å²) in [5.74, 6) is -0.377. The molecule has 1 aromatic rings. The van der Waals surface area contributed by atoms with Gasteiger partial charge in [0, 0.05) is 12.6 Å². The van der Waals surface area contributed by atoms with Crippen LogP contribution in [0.4, 0.5) is 17.6 Å². The zero-order valence-electron chi connectivity index (χ0n) is 10.9. The van der Waals surface area contributed by atoms with Crippen LogP contribution in [0.3, 0.4) is 0 Å². The average molecular weight is 358 g/mol. The molecule has 0 fully saturated rings. The van der Waals surface area contributed by atoms with Gasteiger partial charge in [-0.15, -0.1) is 0 Å². The fourth-order valence-electron chi connectivity index (χ4n) is 1.75. The van der Waals surface area contributed by atoms with E-state index in [9.17, 15) is 17.6 Å². The first kappa shape index (κ1) is 17.4. The van der Waals surface area contributed by atoms with Gasteiger partial charge in [0.15, 0.2) is 0 Å². The van der Waals surface area contributed by atoms with Crippen LogP contribution in [0.2, 0.25) is 0 Å². The highest BCUT2D eigenvalue weighted by Crippen LogP contribution is 2.23. The van der Waals surface area contributed by atoms with Crippen molar-refractivity contribution < 1.29 is 22.3 Å². The molecular formula is C13H16BrF4NO. The van der Waals surface area contributed by atoms with Crippen molar-refractivity contribution in [2.75, 3.05) is 19.8 Å². The average Bonchev–Trinajstić information content (AvgIpc) is 2.35. The monoisotopic (exact) mass is 357 g/mol. The third kappa shape index (κ3) is 6.19. The second-order valence-electron chi connectivity index (χ2n) is 4.24. The van der Waals surface area contributed by atoms with Gasteiger partial charge in [-0.05, 0) is 46.6 Å². The summed E-state index contributed by atoms with van der Waals surface area (Å²) in [5.41, 5.74) is 0.802. The van der Waals surface area contributed by atoms with Crippen LogP contribution in [0, 0.1) is 5.82 Å². The van der Waals surface area contributed by atoms with Crippen molar-refractivity contribution in [3.8, 4) is 0 Å². The molecular weight excluding hydrogens is 342 g/mol. The summed E-state index contributed by atoms with van der Waals surface area (Å²) < 4.78 is 54.0. The van der Waals surface area contributed by atoms with Crippen molar-refractivity contribution in [3.63, 3.8) is 0 Å². The molecule has 0 saturated heterocycles. The maximum absolute atomic E-state index is 13.2. The number of ether oxygens (including phenoxy) is 1. The largest absolute Gasteiger partial charge is 0.411 e. The van der Waals surface area contributed by atoms with E-state index in [0.29, 0.717) is 17.4 Å². The van der Waals surface area contributed by atoms with Crippen molar-refractivity contribution in [2.24, 2.45) is 0 Å². The molecule has 1 N–H and O–H groups in total. The molecule has 0 aliphatic rings.